The number of carboxylic acid groups (broad SMARTS) is 1. The highest BCUT2D eigenvalue weighted by atomic mass is 16.5. The third-order valence-electron chi connectivity index (χ3n) is 3.65. The van der Waals surface area contributed by atoms with Crippen molar-refractivity contribution < 1.29 is 24.2 Å². The molecule has 0 radical (unpaired) electrons. The van der Waals surface area contributed by atoms with Crippen LogP contribution in [0.5, 0.6) is 5.75 Å². The molecule has 0 aromatic heterocycles. The Kier molecular flexibility index (Phi) is 6.54. The molecule has 132 valence electrons. The zero-order valence-electron chi connectivity index (χ0n) is 14.2. The Hall–Kier alpha value is -2.86. The summed E-state index contributed by atoms with van der Waals surface area (Å²) in [5.41, 5.74) is 1.79. The highest BCUT2D eigenvalue weighted by molar-refractivity contribution is 6.04. The van der Waals surface area contributed by atoms with Crippen LogP contribution in [0.15, 0.2) is 48.5 Å². The van der Waals surface area contributed by atoms with Crippen molar-refractivity contribution in [3.8, 4) is 16.9 Å². The largest absolute Gasteiger partial charge is 0.496 e. The van der Waals surface area contributed by atoms with Crippen molar-refractivity contribution in [2.75, 3.05) is 20.3 Å². The van der Waals surface area contributed by atoms with Gasteiger partial charge in [-0.15, -0.1) is 0 Å². The summed E-state index contributed by atoms with van der Waals surface area (Å²) in [5, 5.41) is 11.8. The van der Waals surface area contributed by atoms with Crippen molar-refractivity contribution in [1.29, 1.82) is 0 Å². The van der Waals surface area contributed by atoms with Crippen LogP contribution in [0, 0.1) is 0 Å². The predicted octanol–water partition coefficient (Wildman–Crippen LogP) is 2.58. The Morgan fingerprint density at radius 3 is 2.44 bits per heavy atom. The number of aliphatic carboxylic acids is 1. The van der Waals surface area contributed by atoms with Crippen molar-refractivity contribution in [3.63, 3.8) is 0 Å². The van der Waals surface area contributed by atoms with E-state index in [1.807, 2.05) is 30.3 Å². The molecule has 0 unspecified atom stereocenters. The minimum Gasteiger partial charge on any atom is -0.496 e. The molecule has 1 atom stereocenters. The molecule has 0 bridgehead atoms. The molecule has 1 amide bonds. The van der Waals surface area contributed by atoms with E-state index in [9.17, 15) is 14.7 Å². The van der Waals surface area contributed by atoms with Crippen molar-refractivity contribution in [2.24, 2.45) is 0 Å². The van der Waals surface area contributed by atoms with Gasteiger partial charge in [-0.2, -0.15) is 0 Å². The van der Waals surface area contributed by atoms with Crippen LogP contribution in [0.25, 0.3) is 11.1 Å². The normalized spacial score (nSPS) is 11.6. The molecular weight excluding hydrogens is 322 g/mol. The van der Waals surface area contributed by atoms with Crippen LogP contribution in [0.4, 0.5) is 0 Å². The molecule has 6 heteroatoms. The van der Waals surface area contributed by atoms with Gasteiger partial charge in [-0.1, -0.05) is 42.5 Å². The first-order valence-electron chi connectivity index (χ1n) is 7.92. The van der Waals surface area contributed by atoms with E-state index in [1.165, 1.54) is 7.11 Å². The minimum atomic E-state index is -1.15. The minimum absolute atomic E-state index is 0.104. The maximum absolute atomic E-state index is 12.8. The molecule has 2 aromatic rings. The average molecular weight is 343 g/mol. The average Bonchev–Trinajstić information content (AvgIpc) is 2.64. The molecule has 2 aromatic carbocycles. The highest BCUT2D eigenvalue weighted by Gasteiger charge is 2.25. The third kappa shape index (κ3) is 4.58. The molecule has 2 N–H and O–H groups in total. The lowest BCUT2D eigenvalue weighted by molar-refractivity contribution is -0.140. The summed E-state index contributed by atoms with van der Waals surface area (Å²) in [6, 6.07) is 13.5. The van der Waals surface area contributed by atoms with Gasteiger partial charge in [0.1, 0.15) is 5.75 Å². The number of rotatable bonds is 8. The maximum Gasteiger partial charge on any atom is 0.328 e. The molecule has 25 heavy (non-hydrogen) atoms. The van der Waals surface area contributed by atoms with Gasteiger partial charge in [0.05, 0.1) is 19.3 Å². The molecule has 0 aliphatic rings. The second-order valence-corrected chi connectivity index (χ2v) is 5.27. The summed E-state index contributed by atoms with van der Waals surface area (Å²) in [4.78, 5) is 24.1. The van der Waals surface area contributed by atoms with Gasteiger partial charge in [-0.05, 0) is 24.1 Å². The smallest absolute Gasteiger partial charge is 0.328 e. The quantitative estimate of drug-likeness (QED) is 0.769. The number of hydrogen-bond donors (Lipinski definition) is 2. The fourth-order valence-corrected chi connectivity index (χ4v) is 2.43. The lowest BCUT2D eigenvalue weighted by Gasteiger charge is -2.18. The first-order chi connectivity index (χ1) is 12.1. The number of hydrogen-bond acceptors (Lipinski definition) is 4. The molecule has 0 saturated carbocycles. The van der Waals surface area contributed by atoms with E-state index in [0.717, 1.165) is 5.56 Å². The van der Waals surface area contributed by atoms with E-state index >= 15 is 0 Å². The summed E-state index contributed by atoms with van der Waals surface area (Å²) >= 11 is 0. The van der Waals surface area contributed by atoms with E-state index in [2.05, 4.69) is 5.32 Å². The van der Waals surface area contributed by atoms with Gasteiger partial charge in [-0.3, -0.25) is 4.79 Å². The molecular formula is C19H21NO5. The van der Waals surface area contributed by atoms with Crippen LogP contribution in [0.3, 0.4) is 0 Å². The van der Waals surface area contributed by atoms with E-state index in [-0.39, 0.29) is 6.61 Å². The van der Waals surface area contributed by atoms with Crippen LogP contribution in [-0.4, -0.2) is 43.3 Å². The Morgan fingerprint density at radius 2 is 1.84 bits per heavy atom. The van der Waals surface area contributed by atoms with Gasteiger partial charge in [0.25, 0.3) is 5.91 Å². The second-order valence-electron chi connectivity index (χ2n) is 5.27. The fourth-order valence-electron chi connectivity index (χ4n) is 2.43. The number of ether oxygens (including phenoxy) is 2. The Morgan fingerprint density at radius 1 is 1.12 bits per heavy atom. The zero-order chi connectivity index (χ0) is 18.2. The predicted molar refractivity (Wildman–Crippen MR) is 93.8 cm³/mol. The molecule has 0 fully saturated rings. The maximum atomic E-state index is 12.8. The van der Waals surface area contributed by atoms with Gasteiger partial charge in [0.2, 0.25) is 0 Å². The molecule has 0 heterocycles. The summed E-state index contributed by atoms with van der Waals surface area (Å²) < 4.78 is 10.5. The third-order valence-corrected chi connectivity index (χ3v) is 3.65. The molecule has 0 saturated heterocycles. The monoisotopic (exact) mass is 343 g/mol. The lowest BCUT2D eigenvalue weighted by atomic mass is 9.98. The molecule has 0 aliphatic heterocycles. The Labute approximate surface area is 146 Å². The molecule has 2 rings (SSSR count). The number of benzene rings is 2. The zero-order valence-corrected chi connectivity index (χ0v) is 14.2. The van der Waals surface area contributed by atoms with Crippen LogP contribution in [0.1, 0.15) is 17.3 Å². The highest BCUT2D eigenvalue weighted by Crippen LogP contribution is 2.30. The first-order valence-corrected chi connectivity index (χ1v) is 7.92. The Balaban J connectivity index is 2.39. The van der Waals surface area contributed by atoms with E-state index in [0.29, 0.717) is 23.5 Å². The summed E-state index contributed by atoms with van der Waals surface area (Å²) in [5.74, 6) is -1.30. The van der Waals surface area contributed by atoms with Crippen LogP contribution >= 0.6 is 0 Å². The van der Waals surface area contributed by atoms with E-state index in [1.54, 1.807) is 25.1 Å². The topological polar surface area (TPSA) is 84.9 Å². The van der Waals surface area contributed by atoms with Gasteiger partial charge in [0, 0.05) is 6.61 Å². The second kappa shape index (κ2) is 8.84. The van der Waals surface area contributed by atoms with Gasteiger partial charge in [-0.25, -0.2) is 4.79 Å². The standard InChI is InChI=1S/C19H21NO5/c1-3-25-12-15(19(22)23)20-18(21)17-14(10-7-11-16(17)24-2)13-8-5-4-6-9-13/h4-11,15H,3,12H2,1-2H3,(H,20,21)(H,22,23)/t15-/m0/s1. The van der Waals surface area contributed by atoms with Crippen molar-refractivity contribution in [3.05, 3.63) is 54.1 Å². The number of amides is 1. The fraction of sp³-hybridized carbons (Fsp3) is 0.263. The SMILES string of the molecule is CCOC[C@H](NC(=O)c1c(OC)cccc1-c1ccccc1)C(=O)O. The van der Waals surface area contributed by atoms with Crippen LogP contribution < -0.4 is 10.1 Å². The lowest BCUT2D eigenvalue weighted by Crippen LogP contribution is -2.44. The van der Waals surface area contributed by atoms with Gasteiger partial charge < -0.3 is 19.9 Å². The van der Waals surface area contributed by atoms with E-state index in [4.69, 9.17) is 9.47 Å². The number of carboxylic acids is 1. The van der Waals surface area contributed by atoms with Crippen molar-refractivity contribution in [1.82, 2.24) is 5.32 Å². The number of methoxy groups -OCH3 is 1. The summed E-state index contributed by atoms with van der Waals surface area (Å²) in [7, 11) is 1.47. The van der Waals surface area contributed by atoms with Gasteiger partial charge >= 0.3 is 5.97 Å². The van der Waals surface area contributed by atoms with Gasteiger partial charge in [0.15, 0.2) is 6.04 Å². The number of carbonyl (C=O) groups is 2. The number of nitrogens with one attached hydrogen (secondary N) is 1. The molecule has 0 aliphatic carbocycles. The van der Waals surface area contributed by atoms with Crippen molar-refractivity contribution >= 4 is 11.9 Å². The summed E-state index contributed by atoms with van der Waals surface area (Å²) in [6.45, 7) is 2.02. The molecule has 0 spiro atoms. The van der Waals surface area contributed by atoms with Crippen LogP contribution in [-0.2, 0) is 9.53 Å². The number of carbonyl (C=O) groups excluding carboxylic acids is 1. The molecule has 6 nitrogen and oxygen atoms in total. The first kappa shape index (κ1) is 18.5. The summed E-state index contributed by atoms with van der Waals surface area (Å²) in [6.07, 6.45) is 0. The van der Waals surface area contributed by atoms with Crippen molar-refractivity contribution in [2.45, 2.75) is 13.0 Å². The Bertz CT molecular complexity index is 730. The van der Waals surface area contributed by atoms with E-state index < -0.39 is 17.9 Å². The van der Waals surface area contributed by atoms with Crippen LogP contribution in [0.2, 0.25) is 0 Å².